The van der Waals surface area contributed by atoms with Gasteiger partial charge >= 0.3 is 0 Å². The molecule has 0 radical (unpaired) electrons. The molecule has 0 spiro atoms. The summed E-state index contributed by atoms with van der Waals surface area (Å²) < 4.78 is 7.83. The average molecular weight is 312 g/mol. The smallest absolute Gasteiger partial charge is 0.227 e. The number of rotatable bonds is 3. The standard InChI is InChI=1S/C17H20N4O2/c22-17(13-9-12-5-1-2-6-14(12)23-11-13)18-10-16-20-19-15-7-3-4-8-21(15)16/h1-2,5-6,13H,3-4,7-11H2,(H,18,22)/t13-/m0/s1. The molecule has 6 heteroatoms. The highest BCUT2D eigenvalue weighted by atomic mass is 16.5. The van der Waals surface area contributed by atoms with Crippen LogP contribution >= 0.6 is 0 Å². The Kier molecular flexibility index (Phi) is 3.73. The zero-order valence-electron chi connectivity index (χ0n) is 13.0. The van der Waals surface area contributed by atoms with Gasteiger partial charge in [0, 0.05) is 13.0 Å². The summed E-state index contributed by atoms with van der Waals surface area (Å²) in [5.41, 5.74) is 1.10. The number of para-hydroxylation sites is 1. The number of amides is 1. The highest BCUT2D eigenvalue weighted by molar-refractivity contribution is 5.79. The van der Waals surface area contributed by atoms with Crippen LogP contribution in [0.2, 0.25) is 0 Å². The van der Waals surface area contributed by atoms with Gasteiger partial charge in [-0.3, -0.25) is 4.79 Å². The van der Waals surface area contributed by atoms with E-state index in [2.05, 4.69) is 20.1 Å². The van der Waals surface area contributed by atoms with Crippen molar-refractivity contribution < 1.29 is 9.53 Å². The predicted molar refractivity (Wildman–Crippen MR) is 83.9 cm³/mol. The first-order valence-corrected chi connectivity index (χ1v) is 8.20. The molecule has 1 amide bonds. The van der Waals surface area contributed by atoms with Crippen molar-refractivity contribution in [3.05, 3.63) is 41.5 Å². The number of hydrogen-bond acceptors (Lipinski definition) is 4. The van der Waals surface area contributed by atoms with E-state index in [0.717, 1.165) is 48.8 Å². The fourth-order valence-electron chi connectivity index (χ4n) is 3.31. The Morgan fingerprint density at radius 2 is 2.22 bits per heavy atom. The third kappa shape index (κ3) is 2.81. The molecule has 6 nitrogen and oxygen atoms in total. The zero-order chi connectivity index (χ0) is 15.6. The van der Waals surface area contributed by atoms with Crippen molar-refractivity contribution in [2.24, 2.45) is 5.92 Å². The lowest BCUT2D eigenvalue weighted by Crippen LogP contribution is -2.37. The number of ether oxygens (including phenoxy) is 1. The molecule has 2 aliphatic rings. The highest BCUT2D eigenvalue weighted by Crippen LogP contribution is 2.26. The maximum atomic E-state index is 12.4. The molecule has 1 N–H and O–H groups in total. The van der Waals surface area contributed by atoms with Crippen LogP contribution in [0.25, 0.3) is 0 Å². The van der Waals surface area contributed by atoms with Gasteiger partial charge in [-0.1, -0.05) is 18.2 Å². The molecular weight excluding hydrogens is 292 g/mol. The van der Waals surface area contributed by atoms with Gasteiger partial charge in [0.1, 0.15) is 18.2 Å². The van der Waals surface area contributed by atoms with Crippen LogP contribution in [0.5, 0.6) is 5.75 Å². The van der Waals surface area contributed by atoms with Gasteiger partial charge in [0.15, 0.2) is 5.82 Å². The van der Waals surface area contributed by atoms with E-state index in [4.69, 9.17) is 4.74 Å². The Hall–Kier alpha value is -2.37. The lowest BCUT2D eigenvalue weighted by Gasteiger charge is -2.24. The normalized spacial score (nSPS) is 19.4. The third-order valence-electron chi connectivity index (χ3n) is 4.61. The number of nitrogens with one attached hydrogen (secondary N) is 1. The van der Waals surface area contributed by atoms with Gasteiger partial charge in [-0.25, -0.2) is 0 Å². The zero-order valence-corrected chi connectivity index (χ0v) is 13.0. The van der Waals surface area contributed by atoms with E-state index in [9.17, 15) is 4.79 Å². The van der Waals surface area contributed by atoms with Crippen LogP contribution in [-0.4, -0.2) is 27.3 Å². The monoisotopic (exact) mass is 312 g/mol. The summed E-state index contributed by atoms with van der Waals surface area (Å²) in [6, 6.07) is 7.90. The molecule has 3 heterocycles. The number of aromatic nitrogens is 3. The molecule has 23 heavy (non-hydrogen) atoms. The van der Waals surface area contributed by atoms with Crippen LogP contribution in [-0.2, 0) is 30.7 Å². The Morgan fingerprint density at radius 1 is 1.30 bits per heavy atom. The number of hydrogen-bond donors (Lipinski definition) is 1. The molecule has 0 aliphatic carbocycles. The van der Waals surface area contributed by atoms with Crippen molar-refractivity contribution >= 4 is 5.91 Å². The summed E-state index contributed by atoms with van der Waals surface area (Å²) in [7, 11) is 0. The summed E-state index contributed by atoms with van der Waals surface area (Å²) in [5.74, 6) is 2.66. The summed E-state index contributed by atoms with van der Waals surface area (Å²) in [6.45, 7) is 1.82. The minimum Gasteiger partial charge on any atom is -0.492 e. The second-order valence-corrected chi connectivity index (χ2v) is 6.18. The molecule has 2 aromatic rings. The number of nitrogens with zero attached hydrogens (tertiary/aromatic N) is 3. The average Bonchev–Trinajstić information content (AvgIpc) is 3.02. The van der Waals surface area contributed by atoms with Gasteiger partial charge in [0.05, 0.1) is 12.5 Å². The molecule has 120 valence electrons. The first-order chi connectivity index (χ1) is 11.3. The topological polar surface area (TPSA) is 69.0 Å². The van der Waals surface area contributed by atoms with E-state index in [-0.39, 0.29) is 11.8 Å². The van der Waals surface area contributed by atoms with Crippen molar-refractivity contribution in [3.63, 3.8) is 0 Å². The van der Waals surface area contributed by atoms with Crippen molar-refractivity contribution in [1.29, 1.82) is 0 Å². The van der Waals surface area contributed by atoms with E-state index in [1.54, 1.807) is 0 Å². The fraction of sp³-hybridized carbons (Fsp3) is 0.471. The predicted octanol–water partition coefficient (Wildman–Crippen LogP) is 1.48. The molecule has 1 aromatic heterocycles. The lowest BCUT2D eigenvalue weighted by atomic mass is 9.96. The van der Waals surface area contributed by atoms with Crippen molar-refractivity contribution in [3.8, 4) is 5.75 Å². The Bertz CT molecular complexity index is 725. The largest absolute Gasteiger partial charge is 0.492 e. The first kappa shape index (κ1) is 14.2. The van der Waals surface area contributed by atoms with Crippen LogP contribution in [0.4, 0.5) is 0 Å². The second-order valence-electron chi connectivity index (χ2n) is 6.18. The minimum atomic E-state index is -0.145. The summed E-state index contributed by atoms with van der Waals surface area (Å²) >= 11 is 0. The van der Waals surface area contributed by atoms with Gasteiger partial charge in [-0.2, -0.15) is 0 Å². The molecule has 4 rings (SSSR count). The van der Waals surface area contributed by atoms with Crippen molar-refractivity contribution in [1.82, 2.24) is 20.1 Å². The van der Waals surface area contributed by atoms with Gasteiger partial charge in [-0.15, -0.1) is 10.2 Å². The van der Waals surface area contributed by atoms with E-state index < -0.39 is 0 Å². The number of carbonyl (C=O) groups excluding carboxylic acids is 1. The Labute approximate surface area is 134 Å². The van der Waals surface area contributed by atoms with Crippen LogP contribution in [0, 0.1) is 5.92 Å². The van der Waals surface area contributed by atoms with Crippen molar-refractivity contribution in [2.45, 2.75) is 38.8 Å². The number of benzene rings is 1. The maximum absolute atomic E-state index is 12.4. The molecule has 0 unspecified atom stereocenters. The van der Waals surface area contributed by atoms with E-state index in [0.29, 0.717) is 13.2 Å². The summed E-state index contributed by atoms with van der Waals surface area (Å²) in [4.78, 5) is 12.4. The third-order valence-corrected chi connectivity index (χ3v) is 4.61. The van der Waals surface area contributed by atoms with Crippen LogP contribution < -0.4 is 10.1 Å². The minimum absolute atomic E-state index is 0.0210. The molecule has 1 aromatic carbocycles. The fourth-order valence-corrected chi connectivity index (χ4v) is 3.31. The Balaban J connectivity index is 1.38. The van der Waals surface area contributed by atoms with Gasteiger partial charge < -0.3 is 14.6 Å². The highest BCUT2D eigenvalue weighted by Gasteiger charge is 2.26. The van der Waals surface area contributed by atoms with Gasteiger partial charge in [0.2, 0.25) is 5.91 Å². The van der Waals surface area contributed by atoms with E-state index in [1.165, 1.54) is 6.42 Å². The molecule has 0 saturated carbocycles. The van der Waals surface area contributed by atoms with E-state index in [1.807, 2.05) is 24.3 Å². The Morgan fingerprint density at radius 3 is 3.17 bits per heavy atom. The first-order valence-electron chi connectivity index (χ1n) is 8.20. The molecule has 0 saturated heterocycles. The molecule has 0 fully saturated rings. The van der Waals surface area contributed by atoms with Crippen molar-refractivity contribution in [2.75, 3.05) is 6.61 Å². The van der Waals surface area contributed by atoms with Gasteiger partial charge in [0.25, 0.3) is 0 Å². The van der Waals surface area contributed by atoms with Gasteiger partial charge in [-0.05, 0) is 30.9 Å². The van der Waals surface area contributed by atoms with Crippen LogP contribution in [0.15, 0.2) is 24.3 Å². The number of fused-ring (bicyclic) bond motifs is 2. The molecular formula is C17H20N4O2. The summed E-state index contributed by atoms with van der Waals surface area (Å²) in [5, 5.41) is 11.4. The van der Waals surface area contributed by atoms with E-state index >= 15 is 0 Å². The lowest BCUT2D eigenvalue weighted by molar-refractivity contribution is -0.126. The molecule has 2 aliphatic heterocycles. The quantitative estimate of drug-likeness (QED) is 0.932. The maximum Gasteiger partial charge on any atom is 0.227 e. The number of carbonyl (C=O) groups is 1. The number of aryl methyl sites for hydroxylation is 1. The SMILES string of the molecule is O=C(NCc1nnc2n1CCCC2)[C@@H]1COc2ccccc2C1. The second kappa shape index (κ2) is 6.02. The molecule has 0 bridgehead atoms. The van der Waals surface area contributed by atoms with Crippen LogP contribution in [0.3, 0.4) is 0 Å². The summed E-state index contributed by atoms with van der Waals surface area (Å²) in [6.07, 6.45) is 4.02. The van der Waals surface area contributed by atoms with Crippen LogP contribution in [0.1, 0.15) is 30.1 Å². The molecule has 1 atom stereocenters.